The molecule has 0 radical (unpaired) electrons. The largest absolute Gasteiger partial charge is 0.481 e. The smallest absolute Gasteiger partial charge is 0.305 e. The highest BCUT2D eigenvalue weighted by Crippen LogP contribution is 2.29. The standard InChI is InChI=1S/C15H21NO2/c1-2-13(11-15(17)18)16-10-6-5-8-12-7-3-4-9-14(12)16/h3-4,7,9,13H,2,5-6,8,10-11H2,1H3,(H,17,18). The Kier molecular flexibility index (Phi) is 4.24. The van der Waals surface area contributed by atoms with Gasteiger partial charge in [0.05, 0.1) is 6.42 Å². The van der Waals surface area contributed by atoms with Gasteiger partial charge in [0.25, 0.3) is 0 Å². The predicted octanol–water partition coefficient (Wildman–Crippen LogP) is 3.08. The molecule has 2 rings (SSSR count). The first-order valence-corrected chi connectivity index (χ1v) is 6.78. The molecule has 1 aromatic carbocycles. The number of hydrogen-bond acceptors (Lipinski definition) is 2. The lowest BCUT2D eigenvalue weighted by Gasteiger charge is -2.32. The molecule has 0 bridgehead atoms. The minimum atomic E-state index is -0.705. The van der Waals surface area contributed by atoms with Gasteiger partial charge in [0.15, 0.2) is 0 Å². The van der Waals surface area contributed by atoms with Crippen molar-refractivity contribution in [2.24, 2.45) is 0 Å². The van der Waals surface area contributed by atoms with E-state index in [0.717, 1.165) is 25.8 Å². The number of aliphatic carboxylic acids is 1. The molecule has 0 fully saturated rings. The van der Waals surface area contributed by atoms with Crippen molar-refractivity contribution in [3.8, 4) is 0 Å². The van der Waals surface area contributed by atoms with Crippen LogP contribution in [0.4, 0.5) is 5.69 Å². The molecule has 0 amide bonds. The van der Waals surface area contributed by atoms with Crippen LogP contribution in [0.2, 0.25) is 0 Å². The molecular formula is C15H21NO2. The Morgan fingerprint density at radius 1 is 1.39 bits per heavy atom. The summed E-state index contributed by atoms with van der Waals surface area (Å²) in [5.74, 6) is -0.705. The average molecular weight is 247 g/mol. The summed E-state index contributed by atoms with van der Waals surface area (Å²) in [4.78, 5) is 13.3. The zero-order valence-corrected chi connectivity index (χ0v) is 10.9. The van der Waals surface area contributed by atoms with E-state index in [-0.39, 0.29) is 12.5 Å². The molecule has 0 saturated heterocycles. The first kappa shape index (κ1) is 12.9. The maximum absolute atomic E-state index is 11.0. The van der Waals surface area contributed by atoms with Crippen molar-refractivity contribution < 1.29 is 9.90 Å². The van der Waals surface area contributed by atoms with Crippen molar-refractivity contribution in [1.29, 1.82) is 0 Å². The molecule has 98 valence electrons. The van der Waals surface area contributed by atoms with E-state index in [1.54, 1.807) is 0 Å². The number of carboxylic acid groups (broad SMARTS) is 1. The second-order valence-electron chi connectivity index (χ2n) is 4.94. The van der Waals surface area contributed by atoms with Gasteiger partial charge in [-0.3, -0.25) is 4.79 Å². The fraction of sp³-hybridized carbons (Fsp3) is 0.533. The number of rotatable bonds is 4. The molecule has 18 heavy (non-hydrogen) atoms. The summed E-state index contributed by atoms with van der Waals surface area (Å²) in [6.45, 7) is 3.05. The van der Waals surface area contributed by atoms with Crippen molar-refractivity contribution in [3.05, 3.63) is 29.8 Å². The molecule has 0 aromatic heterocycles. The van der Waals surface area contributed by atoms with Gasteiger partial charge in [-0.1, -0.05) is 25.1 Å². The van der Waals surface area contributed by atoms with Crippen LogP contribution in [0.1, 0.15) is 38.2 Å². The van der Waals surface area contributed by atoms with Gasteiger partial charge in [0, 0.05) is 18.3 Å². The second-order valence-corrected chi connectivity index (χ2v) is 4.94. The quantitative estimate of drug-likeness (QED) is 0.889. The molecule has 0 saturated carbocycles. The van der Waals surface area contributed by atoms with Crippen LogP contribution in [0, 0.1) is 0 Å². The van der Waals surface area contributed by atoms with Gasteiger partial charge >= 0.3 is 5.97 Å². The zero-order valence-electron chi connectivity index (χ0n) is 10.9. The summed E-state index contributed by atoms with van der Waals surface area (Å²) in [7, 11) is 0. The zero-order chi connectivity index (χ0) is 13.0. The molecule has 3 nitrogen and oxygen atoms in total. The fourth-order valence-corrected chi connectivity index (χ4v) is 2.78. The van der Waals surface area contributed by atoms with Gasteiger partial charge in [-0.25, -0.2) is 0 Å². The topological polar surface area (TPSA) is 40.5 Å². The van der Waals surface area contributed by atoms with Crippen LogP contribution in [0.25, 0.3) is 0 Å². The Hall–Kier alpha value is -1.51. The van der Waals surface area contributed by atoms with E-state index in [9.17, 15) is 4.79 Å². The number of para-hydroxylation sites is 1. The maximum atomic E-state index is 11.0. The van der Waals surface area contributed by atoms with E-state index in [2.05, 4.69) is 30.0 Å². The molecule has 1 aromatic rings. The van der Waals surface area contributed by atoms with Crippen molar-refractivity contribution in [2.45, 2.75) is 45.1 Å². The molecule has 1 heterocycles. The van der Waals surface area contributed by atoms with E-state index in [4.69, 9.17) is 5.11 Å². The van der Waals surface area contributed by atoms with E-state index in [1.165, 1.54) is 17.7 Å². The van der Waals surface area contributed by atoms with Gasteiger partial charge in [-0.2, -0.15) is 0 Å². The first-order valence-electron chi connectivity index (χ1n) is 6.78. The van der Waals surface area contributed by atoms with Gasteiger partial charge < -0.3 is 10.0 Å². The monoisotopic (exact) mass is 247 g/mol. The lowest BCUT2D eigenvalue weighted by atomic mass is 10.1. The van der Waals surface area contributed by atoms with Crippen LogP contribution < -0.4 is 4.90 Å². The lowest BCUT2D eigenvalue weighted by molar-refractivity contribution is -0.137. The number of hydrogen-bond donors (Lipinski definition) is 1. The third kappa shape index (κ3) is 2.84. The van der Waals surface area contributed by atoms with Gasteiger partial charge in [-0.15, -0.1) is 0 Å². The third-order valence-electron chi connectivity index (χ3n) is 3.72. The van der Waals surface area contributed by atoms with E-state index in [0.29, 0.717) is 0 Å². The minimum Gasteiger partial charge on any atom is -0.481 e. The summed E-state index contributed by atoms with van der Waals surface area (Å²) in [6.07, 6.45) is 4.55. The number of carbonyl (C=O) groups is 1. The number of nitrogens with zero attached hydrogens (tertiary/aromatic N) is 1. The summed E-state index contributed by atoms with van der Waals surface area (Å²) in [5, 5.41) is 9.04. The minimum absolute atomic E-state index is 0.113. The molecule has 0 aliphatic carbocycles. The van der Waals surface area contributed by atoms with Crippen molar-refractivity contribution in [1.82, 2.24) is 0 Å². The molecular weight excluding hydrogens is 226 g/mol. The summed E-state index contributed by atoms with van der Waals surface area (Å²) < 4.78 is 0. The van der Waals surface area contributed by atoms with Crippen LogP contribution in [0.15, 0.2) is 24.3 Å². The Bertz CT molecular complexity index is 417. The molecule has 1 unspecified atom stereocenters. The van der Waals surface area contributed by atoms with Crippen LogP contribution in [0.3, 0.4) is 0 Å². The highest BCUT2D eigenvalue weighted by Gasteiger charge is 2.23. The SMILES string of the molecule is CCC(CC(=O)O)N1CCCCc2ccccc21. The molecule has 0 spiro atoms. The molecule has 1 N–H and O–H groups in total. The number of anilines is 1. The summed E-state index contributed by atoms with van der Waals surface area (Å²) >= 11 is 0. The van der Waals surface area contributed by atoms with E-state index >= 15 is 0 Å². The maximum Gasteiger partial charge on any atom is 0.305 e. The lowest BCUT2D eigenvalue weighted by Crippen LogP contribution is -2.37. The van der Waals surface area contributed by atoms with E-state index in [1.807, 2.05) is 6.07 Å². The average Bonchev–Trinajstić information content (AvgIpc) is 2.58. The van der Waals surface area contributed by atoms with Crippen LogP contribution in [-0.2, 0) is 11.2 Å². The summed E-state index contributed by atoms with van der Waals surface area (Å²) in [6, 6.07) is 8.53. The predicted molar refractivity (Wildman–Crippen MR) is 73.1 cm³/mol. The molecule has 1 atom stereocenters. The van der Waals surface area contributed by atoms with Crippen LogP contribution in [0.5, 0.6) is 0 Å². The normalized spacial score (nSPS) is 16.8. The van der Waals surface area contributed by atoms with Crippen LogP contribution in [-0.4, -0.2) is 23.7 Å². The van der Waals surface area contributed by atoms with Crippen molar-refractivity contribution >= 4 is 11.7 Å². The van der Waals surface area contributed by atoms with Gasteiger partial charge in [0.2, 0.25) is 0 Å². The number of aryl methyl sites for hydroxylation is 1. The second kappa shape index (κ2) is 5.89. The Labute approximate surface area is 108 Å². The van der Waals surface area contributed by atoms with E-state index < -0.39 is 5.97 Å². The number of carboxylic acids is 1. The Morgan fingerprint density at radius 2 is 2.17 bits per heavy atom. The van der Waals surface area contributed by atoms with Crippen LogP contribution >= 0.6 is 0 Å². The molecule has 1 aliphatic heterocycles. The van der Waals surface area contributed by atoms with Gasteiger partial charge in [-0.05, 0) is 37.3 Å². The molecule has 1 aliphatic rings. The Morgan fingerprint density at radius 3 is 2.89 bits per heavy atom. The van der Waals surface area contributed by atoms with Gasteiger partial charge in [0.1, 0.15) is 0 Å². The number of fused-ring (bicyclic) bond motifs is 1. The molecule has 3 heteroatoms. The number of benzene rings is 1. The fourth-order valence-electron chi connectivity index (χ4n) is 2.78. The van der Waals surface area contributed by atoms with Crippen molar-refractivity contribution in [3.63, 3.8) is 0 Å². The highest BCUT2D eigenvalue weighted by molar-refractivity contribution is 5.69. The summed E-state index contributed by atoms with van der Waals surface area (Å²) in [5.41, 5.74) is 2.60. The Balaban J connectivity index is 2.28. The highest BCUT2D eigenvalue weighted by atomic mass is 16.4. The first-order chi connectivity index (χ1) is 8.72. The van der Waals surface area contributed by atoms with Crippen molar-refractivity contribution in [2.75, 3.05) is 11.4 Å². The third-order valence-corrected chi connectivity index (χ3v) is 3.72.